The van der Waals surface area contributed by atoms with Crippen molar-refractivity contribution in [1.82, 2.24) is 5.32 Å². The van der Waals surface area contributed by atoms with Crippen molar-refractivity contribution in [3.63, 3.8) is 0 Å². The summed E-state index contributed by atoms with van der Waals surface area (Å²) >= 11 is 12.2. The van der Waals surface area contributed by atoms with Crippen molar-refractivity contribution in [2.45, 2.75) is 45.8 Å². The van der Waals surface area contributed by atoms with Gasteiger partial charge in [-0.05, 0) is 51.4 Å². The lowest BCUT2D eigenvalue weighted by Crippen LogP contribution is -2.50. The Morgan fingerprint density at radius 3 is 2.47 bits per heavy atom. The lowest BCUT2D eigenvalue weighted by atomic mass is 9.92. The van der Waals surface area contributed by atoms with E-state index in [4.69, 9.17) is 27.9 Å². The van der Waals surface area contributed by atoms with Crippen LogP contribution in [0.15, 0.2) is 18.2 Å². The van der Waals surface area contributed by atoms with Gasteiger partial charge >= 0.3 is 0 Å². The Labute approximate surface area is 126 Å². The summed E-state index contributed by atoms with van der Waals surface area (Å²) in [5, 5.41) is 4.86. The fourth-order valence-electron chi connectivity index (χ4n) is 2.19. The van der Waals surface area contributed by atoms with Crippen LogP contribution in [0.25, 0.3) is 0 Å². The van der Waals surface area contributed by atoms with E-state index in [2.05, 4.69) is 26.1 Å². The van der Waals surface area contributed by atoms with Crippen LogP contribution < -0.4 is 5.32 Å². The number of hydrogen-bond acceptors (Lipinski definition) is 2. The molecule has 0 aromatic heterocycles. The molecule has 0 aliphatic heterocycles. The molecule has 0 spiro atoms. The van der Waals surface area contributed by atoms with Crippen molar-refractivity contribution in [3.8, 4) is 0 Å². The van der Waals surface area contributed by atoms with Crippen LogP contribution in [0.3, 0.4) is 0 Å². The number of nitrogens with one attached hydrogen (secondary N) is 1. The number of hydrogen-bond donors (Lipinski definition) is 1. The molecule has 2 nitrogen and oxygen atoms in total. The van der Waals surface area contributed by atoms with Gasteiger partial charge in [0.25, 0.3) is 0 Å². The van der Waals surface area contributed by atoms with Gasteiger partial charge in [-0.3, -0.25) is 0 Å². The van der Waals surface area contributed by atoms with Crippen LogP contribution in [-0.2, 0) is 11.2 Å². The zero-order valence-electron chi connectivity index (χ0n) is 12.1. The minimum absolute atomic E-state index is 0.205. The maximum Gasteiger partial charge on any atom is 0.0781 e. The molecule has 108 valence electrons. The molecule has 19 heavy (non-hydrogen) atoms. The smallest absolute Gasteiger partial charge is 0.0781 e. The highest BCUT2D eigenvalue weighted by molar-refractivity contribution is 6.35. The van der Waals surface area contributed by atoms with Gasteiger partial charge in [-0.15, -0.1) is 0 Å². The van der Waals surface area contributed by atoms with E-state index in [1.165, 1.54) is 0 Å². The van der Waals surface area contributed by atoms with Crippen molar-refractivity contribution >= 4 is 23.2 Å². The highest BCUT2D eigenvalue weighted by atomic mass is 35.5. The minimum Gasteiger partial charge on any atom is -0.374 e. The normalized spacial score (nSPS) is 13.6. The predicted octanol–water partition coefficient (Wildman–Crippen LogP) is 4.33. The van der Waals surface area contributed by atoms with Crippen LogP contribution in [0.2, 0.25) is 10.0 Å². The predicted molar refractivity (Wildman–Crippen MR) is 83.3 cm³/mol. The first-order chi connectivity index (χ1) is 8.90. The Balaban J connectivity index is 2.89. The molecule has 1 aromatic rings. The maximum atomic E-state index is 6.25. The molecule has 0 fully saturated rings. The van der Waals surface area contributed by atoms with E-state index in [-0.39, 0.29) is 11.6 Å². The van der Waals surface area contributed by atoms with Crippen molar-refractivity contribution in [2.24, 2.45) is 0 Å². The molecule has 0 aliphatic carbocycles. The molecule has 4 heteroatoms. The third-order valence-corrected chi connectivity index (χ3v) is 3.83. The number of benzene rings is 1. The van der Waals surface area contributed by atoms with Crippen molar-refractivity contribution in [3.05, 3.63) is 33.8 Å². The Hall–Kier alpha value is -0.280. The first kappa shape index (κ1) is 16.8. The summed E-state index contributed by atoms with van der Waals surface area (Å²) in [6, 6.07) is 5.85. The molecular formula is C15H23Cl2NO. The second kappa shape index (κ2) is 7.49. The molecule has 0 amide bonds. The zero-order chi connectivity index (χ0) is 14.5. The van der Waals surface area contributed by atoms with Crippen molar-refractivity contribution < 1.29 is 4.74 Å². The molecule has 0 aliphatic rings. The lowest BCUT2D eigenvalue weighted by Gasteiger charge is -2.35. The lowest BCUT2D eigenvalue weighted by molar-refractivity contribution is -0.0376. The summed E-state index contributed by atoms with van der Waals surface area (Å²) in [7, 11) is 0. The number of rotatable bonds is 7. The van der Waals surface area contributed by atoms with Gasteiger partial charge in [0.15, 0.2) is 0 Å². The third-order valence-electron chi connectivity index (χ3n) is 3.25. The van der Waals surface area contributed by atoms with E-state index in [9.17, 15) is 0 Å². The van der Waals surface area contributed by atoms with Crippen molar-refractivity contribution in [1.29, 1.82) is 0 Å². The Morgan fingerprint density at radius 1 is 1.26 bits per heavy atom. The largest absolute Gasteiger partial charge is 0.374 e. The van der Waals surface area contributed by atoms with Crippen LogP contribution in [-0.4, -0.2) is 24.8 Å². The fraction of sp³-hybridized carbons (Fsp3) is 0.600. The van der Waals surface area contributed by atoms with Crippen molar-refractivity contribution in [2.75, 3.05) is 13.2 Å². The summed E-state index contributed by atoms with van der Waals surface area (Å²) in [5.41, 5.74) is 0.845. The molecular weight excluding hydrogens is 281 g/mol. The molecule has 1 unspecified atom stereocenters. The molecule has 1 atom stereocenters. The summed E-state index contributed by atoms with van der Waals surface area (Å²) in [6.07, 6.45) is 0.816. The average molecular weight is 304 g/mol. The Morgan fingerprint density at radius 2 is 1.95 bits per heavy atom. The molecule has 1 aromatic carbocycles. The molecule has 1 rings (SSSR count). The summed E-state index contributed by atoms with van der Waals surface area (Å²) < 4.78 is 5.85. The molecule has 0 radical (unpaired) electrons. The van der Waals surface area contributed by atoms with E-state index in [1.54, 1.807) is 6.07 Å². The monoisotopic (exact) mass is 303 g/mol. The third kappa shape index (κ3) is 4.96. The van der Waals surface area contributed by atoms with E-state index >= 15 is 0 Å². The van der Waals surface area contributed by atoms with Gasteiger partial charge in [0.05, 0.1) is 5.60 Å². The zero-order valence-corrected chi connectivity index (χ0v) is 13.6. The quantitative estimate of drug-likeness (QED) is 0.809. The van der Waals surface area contributed by atoms with E-state index < -0.39 is 0 Å². The van der Waals surface area contributed by atoms with Gasteiger partial charge in [-0.2, -0.15) is 0 Å². The Kier molecular flexibility index (Phi) is 6.61. The fourth-order valence-corrected chi connectivity index (χ4v) is 2.68. The number of likely N-dealkylation sites (N-methyl/N-ethyl adjacent to an activating group) is 1. The second-order valence-corrected chi connectivity index (χ2v) is 5.93. The van der Waals surface area contributed by atoms with Crippen LogP contribution in [0.5, 0.6) is 0 Å². The molecule has 0 saturated carbocycles. The first-order valence-corrected chi connectivity index (χ1v) is 7.47. The maximum absolute atomic E-state index is 6.25. The van der Waals surface area contributed by atoms with E-state index in [0.717, 1.165) is 18.5 Å². The van der Waals surface area contributed by atoms with E-state index in [0.29, 0.717) is 16.7 Å². The van der Waals surface area contributed by atoms with Gasteiger partial charge in [0, 0.05) is 22.7 Å². The van der Waals surface area contributed by atoms with E-state index in [1.807, 2.05) is 19.1 Å². The van der Waals surface area contributed by atoms with Gasteiger partial charge in [0.2, 0.25) is 0 Å². The van der Waals surface area contributed by atoms with Crippen LogP contribution in [0, 0.1) is 0 Å². The van der Waals surface area contributed by atoms with Crippen LogP contribution >= 0.6 is 23.2 Å². The standard InChI is InChI=1S/C15H23Cl2NO/c1-5-18-14(15(3,4)19-6-2)9-11-7-8-12(16)10-13(11)17/h7-8,10,14,18H,5-6,9H2,1-4H3. The molecule has 1 N–H and O–H groups in total. The Bertz CT molecular complexity index is 407. The second-order valence-electron chi connectivity index (χ2n) is 5.09. The first-order valence-electron chi connectivity index (χ1n) is 6.72. The van der Waals surface area contributed by atoms with Crippen LogP contribution in [0.4, 0.5) is 0 Å². The molecule has 0 bridgehead atoms. The topological polar surface area (TPSA) is 21.3 Å². The summed E-state index contributed by atoms with van der Waals surface area (Å²) in [4.78, 5) is 0. The highest BCUT2D eigenvalue weighted by Gasteiger charge is 2.29. The molecule has 0 saturated heterocycles. The average Bonchev–Trinajstić information content (AvgIpc) is 2.31. The van der Waals surface area contributed by atoms with Gasteiger partial charge in [-0.1, -0.05) is 36.2 Å². The minimum atomic E-state index is -0.242. The van der Waals surface area contributed by atoms with Gasteiger partial charge in [-0.25, -0.2) is 0 Å². The summed E-state index contributed by atoms with van der Waals surface area (Å²) in [5.74, 6) is 0. The highest BCUT2D eigenvalue weighted by Crippen LogP contribution is 2.25. The SMILES string of the molecule is CCNC(Cc1ccc(Cl)cc1Cl)C(C)(C)OCC. The number of ether oxygens (including phenoxy) is 1. The van der Waals surface area contributed by atoms with Crippen LogP contribution in [0.1, 0.15) is 33.3 Å². The number of halogens is 2. The van der Waals surface area contributed by atoms with Gasteiger partial charge < -0.3 is 10.1 Å². The summed E-state index contributed by atoms with van der Waals surface area (Å²) in [6.45, 7) is 9.91. The van der Waals surface area contributed by atoms with Gasteiger partial charge in [0.1, 0.15) is 0 Å². The molecule has 0 heterocycles.